The van der Waals surface area contributed by atoms with Gasteiger partial charge in [-0.05, 0) is 103 Å². The Morgan fingerprint density at radius 3 is 2.56 bits per heavy atom. The summed E-state index contributed by atoms with van der Waals surface area (Å²) in [6, 6.07) is 15.5. The molecule has 2 aliphatic rings. The number of likely N-dealkylation sites (tertiary alicyclic amines) is 2. The van der Waals surface area contributed by atoms with Crippen LogP contribution in [0.5, 0.6) is 5.75 Å². The minimum absolute atomic E-state index is 0.186. The summed E-state index contributed by atoms with van der Waals surface area (Å²) in [6.07, 6.45) is 7.18. The van der Waals surface area contributed by atoms with Crippen molar-refractivity contribution in [2.75, 3.05) is 39.8 Å². The number of halogens is 1. The Bertz CT molecular complexity index is 1650. The molecule has 0 aliphatic carbocycles. The number of aromatic nitrogens is 5. The van der Waals surface area contributed by atoms with Gasteiger partial charge in [0, 0.05) is 30.9 Å². The molecule has 45 heavy (non-hydrogen) atoms. The molecular formula is C32H35FN8O4. The molecule has 1 unspecified atom stereocenters. The van der Waals surface area contributed by atoms with E-state index >= 15 is 0 Å². The van der Waals surface area contributed by atoms with Crippen molar-refractivity contribution < 1.29 is 23.9 Å². The molecule has 2 aromatic carbocycles. The average molecular weight is 615 g/mol. The van der Waals surface area contributed by atoms with Gasteiger partial charge < -0.3 is 14.5 Å². The summed E-state index contributed by atoms with van der Waals surface area (Å²) >= 11 is 0. The van der Waals surface area contributed by atoms with Crippen LogP contribution in [0.4, 0.5) is 4.39 Å². The third kappa shape index (κ3) is 5.88. The van der Waals surface area contributed by atoms with E-state index in [-0.39, 0.29) is 11.7 Å². The Morgan fingerprint density at radius 1 is 1.04 bits per heavy atom. The van der Waals surface area contributed by atoms with Gasteiger partial charge in [-0.2, -0.15) is 0 Å². The number of benzene rings is 2. The molecule has 6 rings (SSSR count). The number of piperidine rings is 1. The van der Waals surface area contributed by atoms with Crippen molar-refractivity contribution in [1.29, 1.82) is 0 Å². The Labute approximate surface area is 259 Å². The molecular weight excluding hydrogens is 579 g/mol. The molecule has 0 radical (unpaired) electrons. The third-order valence-corrected chi connectivity index (χ3v) is 9.47. The van der Waals surface area contributed by atoms with Crippen LogP contribution in [0.15, 0.2) is 73.3 Å². The average Bonchev–Trinajstić information content (AvgIpc) is 3.79. The number of nitrogens with zero attached hydrogens (tertiary/aromatic N) is 7. The number of carbonyl (C=O) groups is 2. The highest BCUT2D eigenvalue weighted by molar-refractivity contribution is 5.98. The topological polar surface area (TPSA) is 139 Å². The number of amides is 2. The number of nitrogens with one attached hydrogen (secondary N) is 1. The largest absolute Gasteiger partial charge is 0.496 e. The minimum atomic E-state index is -0.869. The summed E-state index contributed by atoms with van der Waals surface area (Å²) in [5, 5.41) is 20.8. The summed E-state index contributed by atoms with van der Waals surface area (Å²) in [6.45, 7) is 2.86. The molecule has 0 bridgehead atoms. The van der Waals surface area contributed by atoms with Crippen molar-refractivity contribution in [2.24, 2.45) is 0 Å². The molecule has 234 valence electrons. The number of methoxy groups -OCH3 is 1. The van der Waals surface area contributed by atoms with Gasteiger partial charge in [-0.15, -0.1) is 5.10 Å². The van der Waals surface area contributed by atoms with Crippen LogP contribution in [0, 0.1) is 5.82 Å². The van der Waals surface area contributed by atoms with E-state index in [0.29, 0.717) is 75.4 Å². The number of tetrazole rings is 1. The van der Waals surface area contributed by atoms with E-state index in [1.807, 2.05) is 17.6 Å². The standard InChI is InChI=1S/C32H35FN8O4/c1-45-28-8-7-26(41-22-35-37-38-41)19-27(28)29(42)40-17-10-31(21-40,23-4-2-6-25(33)18-23)9-14-39-15-11-32(12-16-39,30(43)36-44)24-5-3-13-34-20-24/h2-8,13,18-20,22,44H,9-12,14-17,21H2,1H3,(H,36,43). The highest BCUT2D eigenvalue weighted by atomic mass is 19.1. The van der Waals surface area contributed by atoms with E-state index in [9.17, 15) is 19.2 Å². The highest BCUT2D eigenvalue weighted by Crippen LogP contribution is 2.41. The highest BCUT2D eigenvalue weighted by Gasteiger charge is 2.45. The van der Waals surface area contributed by atoms with Crippen molar-refractivity contribution in [3.05, 3.63) is 95.8 Å². The first-order valence-electron chi connectivity index (χ1n) is 14.9. The number of hydroxylamine groups is 1. The molecule has 0 saturated carbocycles. The Hall–Kier alpha value is -4.75. The molecule has 0 spiro atoms. The second-order valence-electron chi connectivity index (χ2n) is 11.8. The lowest BCUT2D eigenvalue weighted by molar-refractivity contribution is -0.137. The van der Waals surface area contributed by atoms with Crippen LogP contribution in [0.1, 0.15) is 47.2 Å². The first kappa shape index (κ1) is 30.3. The second kappa shape index (κ2) is 12.7. The van der Waals surface area contributed by atoms with E-state index in [1.165, 1.54) is 24.2 Å². The molecule has 12 nitrogen and oxygen atoms in total. The molecule has 2 fully saturated rings. The van der Waals surface area contributed by atoms with Gasteiger partial charge in [-0.1, -0.05) is 18.2 Å². The van der Waals surface area contributed by atoms with Crippen LogP contribution in [-0.4, -0.2) is 91.8 Å². The van der Waals surface area contributed by atoms with Gasteiger partial charge >= 0.3 is 0 Å². The number of carbonyl (C=O) groups excluding carboxylic acids is 2. The quantitative estimate of drug-likeness (QED) is 0.215. The second-order valence-corrected chi connectivity index (χ2v) is 11.8. The van der Waals surface area contributed by atoms with Crippen molar-refractivity contribution in [2.45, 2.75) is 36.5 Å². The zero-order valence-corrected chi connectivity index (χ0v) is 25.0. The molecule has 2 amide bonds. The number of ether oxygens (including phenoxy) is 1. The monoisotopic (exact) mass is 614 g/mol. The van der Waals surface area contributed by atoms with E-state index in [1.54, 1.807) is 53.7 Å². The lowest BCUT2D eigenvalue weighted by Crippen LogP contribution is -2.51. The van der Waals surface area contributed by atoms with Gasteiger partial charge in [0.1, 0.15) is 17.9 Å². The zero-order valence-electron chi connectivity index (χ0n) is 25.0. The summed E-state index contributed by atoms with van der Waals surface area (Å²) in [5.41, 5.74) is 3.18. The minimum Gasteiger partial charge on any atom is -0.496 e. The fourth-order valence-corrected chi connectivity index (χ4v) is 6.83. The maximum atomic E-state index is 14.6. The smallest absolute Gasteiger partial charge is 0.257 e. The van der Waals surface area contributed by atoms with Crippen molar-refractivity contribution in [3.8, 4) is 11.4 Å². The normalized spacial score (nSPS) is 19.8. The van der Waals surface area contributed by atoms with Gasteiger partial charge in [0.15, 0.2) is 0 Å². The Balaban J connectivity index is 1.21. The van der Waals surface area contributed by atoms with Crippen molar-refractivity contribution >= 4 is 11.8 Å². The van der Waals surface area contributed by atoms with Gasteiger partial charge in [0.05, 0.1) is 23.8 Å². The van der Waals surface area contributed by atoms with Crippen LogP contribution >= 0.6 is 0 Å². The van der Waals surface area contributed by atoms with E-state index in [0.717, 1.165) is 11.1 Å². The zero-order chi connectivity index (χ0) is 31.4. The third-order valence-electron chi connectivity index (χ3n) is 9.47. The fraction of sp³-hybridized carbons (Fsp3) is 0.375. The van der Waals surface area contributed by atoms with Crippen LogP contribution in [0.25, 0.3) is 5.69 Å². The SMILES string of the molecule is COc1ccc(-n2cnnn2)cc1C(=O)N1CCC(CCN2CCC(C(=O)NO)(c3cccnc3)CC2)(c2cccc(F)c2)C1. The molecule has 2 aromatic heterocycles. The maximum Gasteiger partial charge on any atom is 0.257 e. The first-order valence-corrected chi connectivity index (χ1v) is 14.9. The molecule has 4 aromatic rings. The van der Waals surface area contributed by atoms with Gasteiger partial charge in [-0.25, -0.2) is 14.6 Å². The lowest BCUT2D eigenvalue weighted by atomic mass is 9.72. The summed E-state index contributed by atoms with van der Waals surface area (Å²) in [7, 11) is 1.52. The van der Waals surface area contributed by atoms with E-state index in [4.69, 9.17) is 4.74 Å². The number of pyridine rings is 1. The van der Waals surface area contributed by atoms with Crippen LogP contribution in [0.3, 0.4) is 0 Å². The summed E-state index contributed by atoms with van der Waals surface area (Å²) < 4.78 is 21.6. The maximum absolute atomic E-state index is 14.6. The Morgan fingerprint density at radius 2 is 1.87 bits per heavy atom. The van der Waals surface area contributed by atoms with Crippen LogP contribution < -0.4 is 10.2 Å². The Kier molecular flexibility index (Phi) is 8.55. The molecule has 4 heterocycles. The molecule has 2 aliphatic heterocycles. The van der Waals surface area contributed by atoms with Gasteiger partial charge in [0.25, 0.3) is 11.8 Å². The first-order chi connectivity index (χ1) is 21.9. The summed E-state index contributed by atoms with van der Waals surface area (Å²) in [5.74, 6) is -0.496. The molecule has 13 heteroatoms. The fourth-order valence-electron chi connectivity index (χ4n) is 6.83. The van der Waals surface area contributed by atoms with Crippen LogP contribution in [0.2, 0.25) is 0 Å². The lowest BCUT2D eigenvalue weighted by Gasteiger charge is -2.41. The summed E-state index contributed by atoms with van der Waals surface area (Å²) in [4.78, 5) is 35.2. The predicted octanol–water partition coefficient (Wildman–Crippen LogP) is 2.92. The van der Waals surface area contributed by atoms with E-state index in [2.05, 4.69) is 25.4 Å². The van der Waals surface area contributed by atoms with Crippen molar-refractivity contribution in [3.63, 3.8) is 0 Å². The van der Waals surface area contributed by atoms with Gasteiger partial charge in [0.2, 0.25) is 0 Å². The number of hydrogen-bond donors (Lipinski definition) is 2. The number of hydrogen-bond acceptors (Lipinski definition) is 9. The molecule has 1 atom stereocenters. The van der Waals surface area contributed by atoms with E-state index < -0.39 is 16.7 Å². The number of rotatable bonds is 9. The van der Waals surface area contributed by atoms with Crippen LogP contribution in [-0.2, 0) is 15.6 Å². The van der Waals surface area contributed by atoms with Crippen molar-refractivity contribution in [1.82, 2.24) is 40.5 Å². The molecule has 2 N–H and O–H groups in total. The molecule has 2 saturated heterocycles. The predicted molar refractivity (Wildman–Crippen MR) is 160 cm³/mol. The van der Waals surface area contributed by atoms with Gasteiger partial charge in [-0.3, -0.25) is 19.8 Å².